The first-order valence-corrected chi connectivity index (χ1v) is 24.2. The second-order valence-electron chi connectivity index (χ2n) is 19.0. The first kappa shape index (κ1) is 53.2. The molecule has 10 rings (SSSR count). The lowest BCUT2D eigenvalue weighted by molar-refractivity contribution is -0.252. The zero-order chi connectivity index (χ0) is 52.5. The van der Waals surface area contributed by atoms with Crippen LogP contribution in [0.15, 0.2) is 146 Å². The molecule has 1 aliphatic heterocycles. The topological polar surface area (TPSA) is 151 Å². The SMILES string of the molecule is Cc1ccc(-c2ccc(C)cc2C(=O)O)c(COO)c1.Cc1ccc(-c2ccc(C)cc2CO)c(CO)c1.Cc1ccc2c(c1)C(=O)C(=O)c1cc(C)ccc1-2.Cc1ccc2c(c1)COCc1cc(C)ccc1-2. The number of hydrogen-bond acceptors (Lipinski definition) is 8. The van der Waals surface area contributed by atoms with Crippen molar-refractivity contribution in [3.8, 4) is 44.5 Å². The van der Waals surface area contributed by atoms with E-state index in [1.54, 1.807) is 24.3 Å². The van der Waals surface area contributed by atoms with Crippen LogP contribution in [0.1, 0.15) is 103 Å². The number of aliphatic hydroxyl groups excluding tert-OH is 2. The molecular weight excluding hydrogens is 913 g/mol. The summed E-state index contributed by atoms with van der Waals surface area (Å²) in [6.07, 6.45) is 0. The Morgan fingerprint density at radius 3 is 1.11 bits per heavy atom. The van der Waals surface area contributed by atoms with Crippen molar-refractivity contribution in [1.82, 2.24) is 0 Å². The van der Waals surface area contributed by atoms with Gasteiger partial charge in [-0.25, -0.2) is 9.68 Å². The number of hydrogen-bond donors (Lipinski definition) is 4. The first-order chi connectivity index (χ1) is 35.0. The highest BCUT2D eigenvalue weighted by Crippen LogP contribution is 2.36. The Morgan fingerprint density at radius 1 is 0.411 bits per heavy atom. The standard InChI is InChI=1S/C16H16O4.C16H12O2.C16H18O2.C16H16O/c1-10-3-5-13(12(7-10)9-20-19)14-6-4-11(2)8-15(14)16(17)18;1-9-3-5-11-12-6-4-10(2)8-14(12)16(18)15(17)13(11)7-9;1-11-3-5-15(13(7-11)9-17)16-6-4-12(2)8-14(16)10-18;1-11-3-5-15-13(7-11)9-17-10-14-8-12(2)4-6-16(14)15/h3-8,19H,9H2,1-2H3,(H,17,18);3-8H,1-2H3;3-8,17-18H,9-10H2,1-2H3;3-8H,9-10H2,1-2H3. The summed E-state index contributed by atoms with van der Waals surface area (Å²) in [4.78, 5) is 39.8. The van der Waals surface area contributed by atoms with Crippen LogP contribution in [-0.2, 0) is 42.7 Å². The minimum atomic E-state index is -0.972. The second-order valence-corrected chi connectivity index (χ2v) is 19.0. The van der Waals surface area contributed by atoms with Gasteiger partial charge in [0.15, 0.2) is 0 Å². The van der Waals surface area contributed by atoms with Crippen molar-refractivity contribution in [2.75, 3.05) is 0 Å². The molecule has 1 heterocycles. The van der Waals surface area contributed by atoms with E-state index in [0.717, 1.165) is 77.9 Å². The monoisotopic (exact) mass is 974 g/mol. The minimum absolute atomic E-state index is 0.00968. The molecule has 73 heavy (non-hydrogen) atoms. The van der Waals surface area contributed by atoms with Crippen LogP contribution in [0.5, 0.6) is 0 Å². The van der Waals surface area contributed by atoms with Gasteiger partial charge in [0, 0.05) is 11.1 Å². The van der Waals surface area contributed by atoms with Crippen molar-refractivity contribution < 1.29 is 44.6 Å². The Morgan fingerprint density at radius 2 is 0.726 bits per heavy atom. The molecule has 9 heteroatoms. The smallest absolute Gasteiger partial charge is 0.336 e. The molecule has 0 amide bonds. The van der Waals surface area contributed by atoms with Gasteiger partial charge in [0.25, 0.3) is 0 Å². The Bertz CT molecular complexity index is 3200. The predicted octanol–water partition coefficient (Wildman–Crippen LogP) is 14.0. The lowest BCUT2D eigenvalue weighted by Crippen LogP contribution is -2.21. The third-order valence-electron chi connectivity index (χ3n) is 13.0. The van der Waals surface area contributed by atoms with Crippen LogP contribution in [0.25, 0.3) is 44.5 Å². The number of Topliss-reactive ketones (excluding diaryl/α,β-unsaturated/α-hetero) is 2. The average Bonchev–Trinajstić information content (AvgIpc) is 3.54. The summed E-state index contributed by atoms with van der Waals surface area (Å²) in [6, 6.07) is 47.5. The van der Waals surface area contributed by atoms with Gasteiger partial charge in [0.1, 0.15) is 6.61 Å². The summed E-state index contributed by atoms with van der Waals surface area (Å²) in [5.41, 5.74) is 22.9. The zero-order valence-electron chi connectivity index (χ0n) is 42.7. The molecule has 0 radical (unpaired) electrons. The van der Waals surface area contributed by atoms with Crippen molar-refractivity contribution in [3.63, 3.8) is 0 Å². The number of aliphatic hydroxyl groups is 2. The molecule has 0 saturated heterocycles. The maximum Gasteiger partial charge on any atom is 0.336 e. The summed E-state index contributed by atoms with van der Waals surface area (Å²) < 4.78 is 5.76. The Hall–Kier alpha value is -7.63. The van der Waals surface area contributed by atoms with E-state index in [2.05, 4.69) is 55.1 Å². The van der Waals surface area contributed by atoms with E-state index in [1.165, 1.54) is 33.4 Å². The third kappa shape index (κ3) is 12.5. The number of ether oxygens (including phenoxy) is 1. The lowest BCUT2D eigenvalue weighted by atomic mass is 9.82. The molecule has 9 nitrogen and oxygen atoms in total. The molecule has 0 unspecified atom stereocenters. The van der Waals surface area contributed by atoms with Crippen LogP contribution < -0.4 is 0 Å². The van der Waals surface area contributed by atoms with Crippen molar-refractivity contribution in [2.24, 2.45) is 0 Å². The summed E-state index contributed by atoms with van der Waals surface area (Å²) >= 11 is 0. The Balaban J connectivity index is 0.000000143. The molecule has 2 aliphatic rings. The molecular formula is C64H62O9. The summed E-state index contributed by atoms with van der Waals surface area (Å²) in [5.74, 6) is -1.77. The van der Waals surface area contributed by atoms with Crippen LogP contribution in [0.2, 0.25) is 0 Å². The van der Waals surface area contributed by atoms with E-state index in [1.807, 2.05) is 126 Å². The molecule has 8 aromatic rings. The first-order valence-electron chi connectivity index (χ1n) is 24.2. The molecule has 0 spiro atoms. The van der Waals surface area contributed by atoms with E-state index >= 15 is 0 Å². The van der Waals surface area contributed by atoms with Gasteiger partial charge in [-0.1, -0.05) is 172 Å². The number of ketones is 2. The van der Waals surface area contributed by atoms with Gasteiger partial charge < -0.3 is 20.1 Å². The highest BCUT2D eigenvalue weighted by molar-refractivity contribution is 6.53. The van der Waals surface area contributed by atoms with Crippen molar-refractivity contribution in [1.29, 1.82) is 0 Å². The lowest BCUT2D eigenvalue weighted by Gasteiger charge is -2.18. The van der Waals surface area contributed by atoms with Crippen LogP contribution in [-0.4, -0.2) is 38.1 Å². The van der Waals surface area contributed by atoms with Crippen LogP contribution in [0.4, 0.5) is 0 Å². The van der Waals surface area contributed by atoms with Crippen molar-refractivity contribution >= 4 is 17.5 Å². The summed E-state index contributed by atoms with van der Waals surface area (Å²) in [7, 11) is 0. The van der Waals surface area contributed by atoms with Gasteiger partial charge >= 0.3 is 5.97 Å². The fourth-order valence-corrected chi connectivity index (χ4v) is 9.36. The van der Waals surface area contributed by atoms with Gasteiger partial charge in [0.05, 0.1) is 32.0 Å². The number of rotatable bonds is 7. The number of fused-ring (bicyclic) bond motifs is 6. The molecule has 372 valence electrons. The van der Waals surface area contributed by atoms with E-state index in [0.29, 0.717) is 29.9 Å². The number of benzene rings is 8. The maximum absolute atomic E-state index is 12.1. The quantitative estimate of drug-likeness (QED) is 0.0695. The molecule has 0 fully saturated rings. The maximum atomic E-state index is 12.1. The molecule has 0 bridgehead atoms. The third-order valence-corrected chi connectivity index (χ3v) is 13.0. The average molecular weight is 975 g/mol. The largest absolute Gasteiger partial charge is 0.478 e. The molecule has 0 atom stereocenters. The number of carbonyl (C=O) groups is 3. The van der Waals surface area contributed by atoms with Crippen LogP contribution in [0.3, 0.4) is 0 Å². The van der Waals surface area contributed by atoms with Gasteiger partial charge in [0.2, 0.25) is 11.6 Å². The van der Waals surface area contributed by atoms with Gasteiger partial charge in [-0.05, 0) is 146 Å². The van der Waals surface area contributed by atoms with Crippen molar-refractivity contribution in [2.45, 2.75) is 88.4 Å². The number of carbonyl (C=O) groups excluding carboxylic acids is 2. The highest BCUT2D eigenvalue weighted by atomic mass is 17.1. The number of aryl methyl sites for hydroxylation is 8. The van der Waals surface area contributed by atoms with E-state index in [4.69, 9.17) is 9.99 Å². The van der Waals surface area contributed by atoms with Crippen molar-refractivity contribution in [3.05, 3.63) is 235 Å². The highest BCUT2D eigenvalue weighted by Gasteiger charge is 2.30. The van der Waals surface area contributed by atoms with Gasteiger partial charge in [-0.15, -0.1) is 0 Å². The molecule has 0 aromatic heterocycles. The second kappa shape index (κ2) is 23.7. The Kier molecular flexibility index (Phi) is 17.3. The van der Waals surface area contributed by atoms with Gasteiger partial charge in [-0.3, -0.25) is 14.8 Å². The Labute approximate surface area is 427 Å². The number of aromatic carboxylic acids is 1. The minimum Gasteiger partial charge on any atom is -0.478 e. The predicted molar refractivity (Wildman–Crippen MR) is 289 cm³/mol. The summed E-state index contributed by atoms with van der Waals surface area (Å²) in [5, 5.41) is 37.0. The zero-order valence-corrected chi connectivity index (χ0v) is 42.7. The van der Waals surface area contributed by atoms with Crippen LogP contribution >= 0.6 is 0 Å². The number of carboxylic acid groups (broad SMARTS) is 1. The fraction of sp³-hybridized carbons (Fsp3) is 0.203. The van der Waals surface area contributed by atoms with E-state index < -0.39 is 17.5 Å². The molecule has 0 saturated carbocycles. The van der Waals surface area contributed by atoms with Crippen LogP contribution in [0, 0.1) is 55.4 Å². The van der Waals surface area contributed by atoms with Gasteiger partial charge in [-0.2, -0.15) is 0 Å². The van der Waals surface area contributed by atoms with E-state index in [9.17, 15) is 29.7 Å². The molecule has 1 aliphatic carbocycles. The number of carboxylic acids is 1. The normalized spacial score (nSPS) is 12.0. The summed E-state index contributed by atoms with van der Waals surface area (Å²) in [6.45, 7) is 17.3. The fourth-order valence-electron chi connectivity index (χ4n) is 9.36. The van der Waals surface area contributed by atoms with E-state index in [-0.39, 0.29) is 25.4 Å². The molecule has 4 N–H and O–H groups in total. The molecule has 8 aromatic carbocycles.